The summed E-state index contributed by atoms with van der Waals surface area (Å²) in [5, 5.41) is 9.49. The van der Waals surface area contributed by atoms with Crippen molar-refractivity contribution in [3.63, 3.8) is 0 Å². The first-order valence-corrected chi connectivity index (χ1v) is 7.87. The first-order chi connectivity index (χ1) is 10.7. The lowest BCUT2D eigenvalue weighted by Crippen LogP contribution is -2.33. The monoisotopic (exact) mass is 365 g/mol. The van der Waals surface area contributed by atoms with Gasteiger partial charge in [0.15, 0.2) is 0 Å². The summed E-state index contributed by atoms with van der Waals surface area (Å²) in [7, 11) is 0. The molecule has 116 valence electrons. The Morgan fingerprint density at radius 1 is 1.50 bits per heavy atom. The van der Waals surface area contributed by atoms with Crippen molar-refractivity contribution in [2.75, 3.05) is 13.2 Å². The lowest BCUT2D eigenvalue weighted by Gasteiger charge is -2.18. The van der Waals surface area contributed by atoms with Gasteiger partial charge < -0.3 is 10.1 Å². The number of pyridine rings is 1. The van der Waals surface area contributed by atoms with Crippen molar-refractivity contribution < 1.29 is 9.53 Å². The second kappa shape index (κ2) is 6.97. The van der Waals surface area contributed by atoms with Crippen LogP contribution in [-0.4, -0.2) is 39.2 Å². The molecule has 8 heteroatoms. The smallest absolute Gasteiger partial charge is 0.226 e. The molecule has 1 saturated heterocycles. The normalized spacial score (nSPS) is 21.0. The molecule has 2 N–H and O–H groups in total. The van der Waals surface area contributed by atoms with Crippen LogP contribution in [0.2, 0.25) is 0 Å². The third-order valence-electron chi connectivity index (χ3n) is 3.61. The van der Waals surface area contributed by atoms with Gasteiger partial charge in [-0.25, -0.2) is 4.98 Å². The summed E-state index contributed by atoms with van der Waals surface area (Å²) in [5.41, 5.74) is 0.919. The molecule has 22 heavy (non-hydrogen) atoms. The molecule has 7 nitrogen and oxygen atoms in total. The van der Waals surface area contributed by atoms with Crippen molar-refractivity contribution in [1.82, 2.24) is 25.5 Å². The van der Waals surface area contributed by atoms with Gasteiger partial charge >= 0.3 is 0 Å². The minimum Gasteiger partial charge on any atom is -0.373 e. The molecule has 2 atom stereocenters. The fraction of sp³-hybridized carbons (Fsp3) is 0.429. The minimum absolute atomic E-state index is 0.00184. The Hall–Kier alpha value is -1.80. The number of carbonyl (C=O) groups is 1. The van der Waals surface area contributed by atoms with Gasteiger partial charge in [0.05, 0.1) is 12.0 Å². The standard InChI is InChI=1S/C14H16BrN5O2/c15-10-5-9(6-16-7-10)13-11(2-4-22-13)14(21)17-3-1-12-18-8-19-20-12/h5-8,11,13H,1-4H2,(H,17,21)(H,18,19,20)/t11-,13+/m1/s1. The van der Waals surface area contributed by atoms with Crippen molar-refractivity contribution in [2.24, 2.45) is 5.92 Å². The molecule has 2 aromatic heterocycles. The summed E-state index contributed by atoms with van der Waals surface area (Å²) in [5.74, 6) is 0.573. The van der Waals surface area contributed by atoms with Crippen LogP contribution in [0, 0.1) is 5.92 Å². The van der Waals surface area contributed by atoms with E-state index in [9.17, 15) is 4.79 Å². The summed E-state index contributed by atoms with van der Waals surface area (Å²) in [6, 6.07) is 1.94. The van der Waals surface area contributed by atoms with Crippen LogP contribution in [0.1, 0.15) is 23.9 Å². The van der Waals surface area contributed by atoms with Gasteiger partial charge in [-0.15, -0.1) is 0 Å². The number of nitrogens with one attached hydrogen (secondary N) is 2. The van der Waals surface area contributed by atoms with E-state index in [1.54, 1.807) is 12.4 Å². The zero-order valence-corrected chi connectivity index (χ0v) is 13.4. The number of hydrogen-bond acceptors (Lipinski definition) is 5. The number of H-pyrrole nitrogens is 1. The zero-order chi connectivity index (χ0) is 15.4. The Kier molecular flexibility index (Phi) is 4.79. The van der Waals surface area contributed by atoms with Crippen LogP contribution in [0.5, 0.6) is 0 Å². The van der Waals surface area contributed by atoms with E-state index in [2.05, 4.69) is 41.4 Å². The van der Waals surface area contributed by atoms with Gasteiger partial charge in [-0.2, -0.15) is 5.10 Å². The van der Waals surface area contributed by atoms with Crippen LogP contribution in [0.3, 0.4) is 0 Å². The first-order valence-electron chi connectivity index (χ1n) is 7.08. The topological polar surface area (TPSA) is 92.8 Å². The van der Waals surface area contributed by atoms with Gasteiger partial charge in [-0.05, 0) is 28.4 Å². The van der Waals surface area contributed by atoms with Crippen molar-refractivity contribution >= 4 is 21.8 Å². The van der Waals surface area contributed by atoms with E-state index in [1.807, 2.05) is 6.07 Å². The average Bonchev–Trinajstić information content (AvgIpc) is 3.18. The zero-order valence-electron chi connectivity index (χ0n) is 11.8. The Balaban J connectivity index is 1.59. The molecule has 0 radical (unpaired) electrons. The van der Waals surface area contributed by atoms with E-state index in [-0.39, 0.29) is 17.9 Å². The second-order valence-electron chi connectivity index (χ2n) is 5.10. The number of carbonyl (C=O) groups excluding carboxylic acids is 1. The highest BCUT2D eigenvalue weighted by Crippen LogP contribution is 2.35. The van der Waals surface area contributed by atoms with Gasteiger partial charge in [0, 0.05) is 42.0 Å². The number of nitrogens with zero attached hydrogens (tertiary/aromatic N) is 3. The maximum atomic E-state index is 12.4. The largest absolute Gasteiger partial charge is 0.373 e. The molecule has 1 aliphatic rings. The predicted molar refractivity (Wildman–Crippen MR) is 81.8 cm³/mol. The maximum absolute atomic E-state index is 12.4. The third kappa shape index (κ3) is 3.50. The van der Waals surface area contributed by atoms with Crippen LogP contribution in [0.4, 0.5) is 0 Å². The van der Waals surface area contributed by atoms with Crippen LogP contribution in [-0.2, 0) is 16.0 Å². The highest BCUT2D eigenvalue weighted by Gasteiger charge is 2.35. The van der Waals surface area contributed by atoms with Crippen LogP contribution in [0.25, 0.3) is 0 Å². The molecule has 0 unspecified atom stereocenters. The lowest BCUT2D eigenvalue weighted by molar-refractivity contribution is -0.126. The van der Waals surface area contributed by atoms with E-state index in [1.165, 1.54) is 6.33 Å². The Labute approximate surface area is 136 Å². The van der Waals surface area contributed by atoms with Crippen LogP contribution >= 0.6 is 15.9 Å². The number of hydrogen-bond donors (Lipinski definition) is 2. The summed E-state index contributed by atoms with van der Waals surface area (Å²) in [6.07, 6.45) is 6.02. The molecule has 0 aromatic carbocycles. The lowest BCUT2D eigenvalue weighted by atomic mass is 9.95. The van der Waals surface area contributed by atoms with Crippen molar-refractivity contribution in [1.29, 1.82) is 0 Å². The Bertz CT molecular complexity index is 634. The van der Waals surface area contributed by atoms with E-state index in [0.29, 0.717) is 26.0 Å². The van der Waals surface area contributed by atoms with Gasteiger partial charge in [0.1, 0.15) is 12.2 Å². The fourth-order valence-corrected chi connectivity index (χ4v) is 2.94. The van der Waals surface area contributed by atoms with E-state index in [0.717, 1.165) is 15.9 Å². The van der Waals surface area contributed by atoms with E-state index < -0.39 is 0 Å². The average molecular weight is 366 g/mol. The van der Waals surface area contributed by atoms with Crippen molar-refractivity contribution in [3.8, 4) is 0 Å². The van der Waals surface area contributed by atoms with Crippen LogP contribution < -0.4 is 5.32 Å². The number of amides is 1. The van der Waals surface area contributed by atoms with Crippen molar-refractivity contribution in [3.05, 3.63) is 40.6 Å². The number of aromatic amines is 1. The van der Waals surface area contributed by atoms with Gasteiger partial charge in [-0.3, -0.25) is 14.9 Å². The van der Waals surface area contributed by atoms with E-state index in [4.69, 9.17) is 4.74 Å². The van der Waals surface area contributed by atoms with Crippen LogP contribution in [0.15, 0.2) is 29.3 Å². The molecule has 3 rings (SSSR count). The van der Waals surface area contributed by atoms with Gasteiger partial charge in [-0.1, -0.05) is 0 Å². The highest BCUT2D eigenvalue weighted by molar-refractivity contribution is 9.10. The highest BCUT2D eigenvalue weighted by atomic mass is 79.9. The summed E-state index contributed by atoms with van der Waals surface area (Å²) < 4.78 is 6.61. The second-order valence-corrected chi connectivity index (χ2v) is 6.01. The van der Waals surface area contributed by atoms with Gasteiger partial charge in [0.25, 0.3) is 0 Å². The number of halogens is 1. The summed E-state index contributed by atoms with van der Waals surface area (Å²) in [6.45, 7) is 1.10. The molecular weight excluding hydrogens is 350 g/mol. The molecule has 2 aromatic rings. The predicted octanol–water partition coefficient (Wildman–Crippen LogP) is 1.40. The molecular formula is C14H16BrN5O2. The quantitative estimate of drug-likeness (QED) is 0.835. The Morgan fingerprint density at radius 2 is 2.41 bits per heavy atom. The SMILES string of the molecule is O=C(NCCc1ncn[nH]1)[C@@H]1CCO[C@H]1c1cncc(Br)c1. The molecule has 1 amide bonds. The van der Waals surface area contributed by atoms with E-state index >= 15 is 0 Å². The molecule has 0 spiro atoms. The molecule has 0 saturated carbocycles. The molecule has 0 bridgehead atoms. The van der Waals surface area contributed by atoms with Crippen molar-refractivity contribution in [2.45, 2.75) is 18.9 Å². The summed E-state index contributed by atoms with van der Waals surface area (Å²) >= 11 is 3.40. The number of rotatable bonds is 5. The number of aromatic nitrogens is 4. The maximum Gasteiger partial charge on any atom is 0.226 e. The molecule has 1 fully saturated rings. The summed E-state index contributed by atoms with van der Waals surface area (Å²) in [4.78, 5) is 20.5. The first kappa shape index (κ1) is 15.1. The molecule has 1 aliphatic heterocycles. The fourth-order valence-electron chi connectivity index (χ4n) is 2.56. The minimum atomic E-state index is -0.240. The third-order valence-corrected chi connectivity index (χ3v) is 4.04. The Morgan fingerprint density at radius 3 is 3.18 bits per heavy atom. The number of ether oxygens (including phenoxy) is 1. The molecule has 3 heterocycles. The molecule has 0 aliphatic carbocycles. The van der Waals surface area contributed by atoms with Gasteiger partial charge in [0.2, 0.25) is 5.91 Å².